The molecule has 1 aromatic carbocycles. The first-order valence-electron chi connectivity index (χ1n) is 10.0. The number of nitrogens with zero attached hydrogens (tertiary/aromatic N) is 2. The number of carbonyl (C=O) groups is 1. The molecule has 1 saturated carbocycles. The summed E-state index contributed by atoms with van der Waals surface area (Å²) >= 11 is 0. The third-order valence-electron chi connectivity index (χ3n) is 5.55. The van der Waals surface area contributed by atoms with E-state index in [4.69, 9.17) is 19.9 Å². The van der Waals surface area contributed by atoms with Crippen LogP contribution in [0.1, 0.15) is 67.0 Å². The van der Waals surface area contributed by atoms with Gasteiger partial charge in [0, 0.05) is 11.5 Å². The van der Waals surface area contributed by atoms with Crippen LogP contribution in [0.2, 0.25) is 0 Å². The number of rotatable bonds is 7. The highest BCUT2D eigenvalue weighted by molar-refractivity contribution is 6.09. The molecular formula is C22H25FN4O3. The molecule has 158 valence electrons. The number of nitrogens with two attached hydrogens (primary N) is 1. The van der Waals surface area contributed by atoms with E-state index in [-0.39, 0.29) is 28.5 Å². The zero-order valence-electron chi connectivity index (χ0n) is 17.5. The van der Waals surface area contributed by atoms with E-state index < -0.39 is 11.7 Å². The molecule has 3 aromatic rings. The van der Waals surface area contributed by atoms with Crippen molar-refractivity contribution in [3.8, 4) is 5.75 Å². The Morgan fingerprint density at radius 3 is 2.73 bits per heavy atom. The van der Waals surface area contributed by atoms with Crippen LogP contribution in [0.4, 0.5) is 10.2 Å². The van der Waals surface area contributed by atoms with Crippen molar-refractivity contribution < 1.29 is 18.3 Å². The number of fused-ring (bicyclic) bond motifs is 1. The van der Waals surface area contributed by atoms with Crippen LogP contribution < -0.4 is 15.8 Å². The van der Waals surface area contributed by atoms with Crippen molar-refractivity contribution in [1.29, 1.82) is 0 Å². The fourth-order valence-electron chi connectivity index (χ4n) is 3.52. The normalized spacial score (nSPS) is 15.8. The molecule has 1 fully saturated rings. The average Bonchev–Trinajstić information content (AvgIpc) is 3.30. The summed E-state index contributed by atoms with van der Waals surface area (Å²) in [6.45, 7) is 7.85. The predicted molar refractivity (Wildman–Crippen MR) is 111 cm³/mol. The number of carbonyl (C=O) groups excluding carboxylic acids is 1. The first-order valence-corrected chi connectivity index (χ1v) is 10.0. The Bertz CT molecular complexity index is 1140. The number of hydrogen-bond acceptors (Lipinski definition) is 6. The highest BCUT2D eigenvalue weighted by Gasteiger charge is 2.39. The minimum atomic E-state index is -0.590. The zero-order valence-corrected chi connectivity index (χ0v) is 17.5. The second-order valence-electron chi connectivity index (χ2n) is 8.04. The van der Waals surface area contributed by atoms with Crippen molar-refractivity contribution in [2.24, 2.45) is 5.73 Å². The number of aromatic nitrogens is 2. The summed E-state index contributed by atoms with van der Waals surface area (Å²) in [4.78, 5) is 21.3. The summed E-state index contributed by atoms with van der Waals surface area (Å²) in [5.41, 5.74) is 6.77. The smallest absolute Gasteiger partial charge is 0.253 e. The molecule has 1 aliphatic rings. The van der Waals surface area contributed by atoms with Crippen molar-refractivity contribution in [3.63, 3.8) is 0 Å². The minimum Gasteiger partial charge on any atom is -0.491 e. The summed E-state index contributed by atoms with van der Waals surface area (Å²) in [7, 11) is 0. The van der Waals surface area contributed by atoms with Crippen LogP contribution >= 0.6 is 0 Å². The number of hydrogen-bond donors (Lipinski definition) is 2. The van der Waals surface area contributed by atoms with Crippen LogP contribution in [-0.4, -0.2) is 28.0 Å². The highest BCUT2D eigenvalue weighted by Crippen LogP contribution is 2.41. The maximum absolute atomic E-state index is 14.4. The monoisotopic (exact) mass is 412 g/mol. The molecule has 2 aromatic heterocycles. The van der Waals surface area contributed by atoms with Gasteiger partial charge in [0.2, 0.25) is 5.71 Å². The molecule has 3 N–H and O–H groups in total. The van der Waals surface area contributed by atoms with Crippen LogP contribution in [0.3, 0.4) is 0 Å². The Hall–Kier alpha value is -3.16. The van der Waals surface area contributed by atoms with Gasteiger partial charge >= 0.3 is 0 Å². The summed E-state index contributed by atoms with van der Waals surface area (Å²) in [5, 5.41) is 3.90. The lowest BCUT2D eigenvalue weighted by atomic mass is 9.99. The van der Waals surface area contributed by atoms with Gasteiger partial charge in [-0.05, 0) is 51.3 Å². The van der Waals surface area contributed by atoms with Crippen LogP contribution in [0, 0.1) is 12.7 Å². The molecule has 7 nitrogen and oxygen atoms in total. The lowest BCUT2D eigenvalue weighted by Gasteiger charge is -2.17. The first kappa shape index (κ1) is 20.1. The van der Waals surface area contributed by atoms with Gasteiger partial charge in [0.15, 0.2) is 11.6 Å². The van der Waals surface area contributed by atoms with Crippen LogP contribution in [0.15, 0.2) is 22.6 Å². The maximum Gasteiger partial charge on any atom is 0.253 e. The van der Waals surface area contributed by atoms with Gasteiger partial charge in [-0.1, -0.05) is 13.0 Å². The minimum absolute atomic E-state index is 0.0901. The molecule has 1 unspecified atom stereocenters. The van der Waals surface area contributed by atoms with Gasteiger partial charge in [-0.25, -0.2) is 9.37 Å². The molecule has 0 aliphatic heterocycles. The highest BCUT2D eigenvalue weighted by atomic mass is 19.1. The number of anilines is 1. The van der Waals surface area contributed by atoms with E-state index in [2.05, 4.69) is 17.2 Å². The molecular weight excluding hydrogens is 387 g/mol. The zero-order chi connectivity index (χ0) is 21.6. The number of halogens is 1. The molecule has 0 radical (unpaired) electrons. The number of primary amides is 1. The number of benzene rings is 1. The van der Waals surface area contributed by atoms with Crippen molar-refractivity contribution in [2.45, 2.75) is 52.0 Å². The van der Waals surface area contributed by atoms with Gasteiger partial charge in [-0.3, -0.25) is 4.79 Å². The van der Waals surface area contributed by atoms with Gasteiger partial charge < -0.3 is 20.2 Å². The third kappa shape index (κ3) is 3.58. The SMILES string of the molecule is CCOc1ccc(C(C)c2nc(NC3(C)CC3)c3c(C(N)=O)c(C)oc3n2)cc1F. The van der Waals surface area contributed by atoms with Crippen molar-refractivity contribution >= 4 is 22.8 Å². The van der Waals surface area contributed by atoms with Crippen molar-refractivity contribution in [2.75, 3.05) is 11.9 Å². The van der Waals surface area contributed by atoms with Gasteiger partial charge in [-0.2, -0.15) is 4.98 Å². The molecule has 30 heavy (non-hydrogen) atoms. The third-order valence-corrected chi connectivity index (χ3v) is 5.55. The fourth-order valence-corrected chi connectivity index (χ4v) is 3.52. The maximum atomic E-state index is 14.4. The molecule has 2 heterocycles. The van der Waals surface area contributed by atoms with Crippen LogP contribution in [0.5, 0.6) is 5.75 Å². The number of ether oxygens (including phenoxy) is 1. The Labute approximate surface area is 173 Å². The number of furan rings is 1. The molecule has 8 heteroatoms. The Balaban J connectivity index is 1.81. The molecule has 0 spiro atoms. The summed E-state index contributed by atoms with van der Waals surface area (Å²) in [5.74, 6) is 0.245. The second-order valence-corrected chi connectivity index (χ2v) is 8.04. The summed E-state index contributed by atoms with van der Waals surface area (Å²) in [6.07, 6.45) is 1.99. The van der Waals surface area contributed by atoms with Crippen LogP contribution in [-0.2, 0) is 0 Å². The fraction of sp³-hybridized carbons (Fsp3) is 0.409. The van der Waals surface area contributed by atoms with E-state index in [1.165, 1.54) is 6.07 Å². The van der Waals surface area contributed by atoms with E-state index in [1.54, 1.807) is 26.0 Å². The number of nitrogens with one attached hydrogen (secondary N) is 1. The number of amides is 1. The van der Waals surface area contributed by atoms with E-state index in [0.717, 1.165) is 12.8 Å². The lowest BCUT2D eigenvalue weighted by molar-refractivity contribution is 0.1000. The topological polar surface area (TPSA) is 103 Å². The molecule has 4 rings (SSSR count). The van der Waals surface area contributed by atoms with Crippen LogP contribution in [0.25, 0.3) is 11.1 Å². The average molecular weight is 412 g/mol. The molecule has 1 amide bonds. The molecule has 0 saturated heterocycles. The van der Waals surface area contributed by atoms with Gasteiger partial charge in [0.25, 0.3) is 5.91 Å². The predicted octanol–water partition coefficient (Wildman–Crippen LogP) is 4.28. The largest absolute Gasteiger partial charge is 0.491 e. The lowest BCUT2D eigenvalue weighted by Crippen LogP contribution is -2.20. The second kappa shape index (κ2) is 7.27. The Morgan fingerprint density at radius 1 is 1.40 bits per heavy atom. The van der Waals surface area contributed by atoms with Crippen molar-refractivity contribution in [1.82, 2.24) is 9.97 Å². The summed E-state index contributed by atoms with van der Waals surface area (Å²) < 4.78 is 25.4. The molecule has 1 atom stereocenters. The van der Waals surface area contributed by atoms with Gasteiger partial charge in [0.1, 0.15) is 17.4 Å². The standard InChI is InChI=1S/C22H25FN4O3/c1-5-29-15-7-6-13(10-14(15)23)11(2)19-25-20(27-22(4)8-9-22)17-16(18(24)28)12(3)30-21(17)26-19/h6-7,10-11H,5,8-9H2,1-4H3,(H2,24,28)(H,25,26,27). The number of aryl methyl sites for hydroxylation is 1. The molecule has 0 bridgehead atoms. The van der Waals surface area contributed by atoms with E-state index in [1.807, 2.05) is 6.92 Å². The quantitative estimate of drug-likeness (QED) is 0.600. The van der Waals surface area contributed by atoms with Crippen molar-refractivity contribution in [3.05, 3.63) is 46.7 Å². The molecule has 1 aliphatic carbocycles. The first-order chi connectivity index (χ1) is 14.2. The van der Waals surface area contributed by atoms with E-state index in [9.17, 15) is 9.18 Å². The van der Waals surface area contributed by atoms with Gasteiger partial charge in [0.05, 0.1) is 17.6 Å². The van der Waals surface area contributed by atoms with E-state index in [0.29, 0.717) is 35.0 Å². The van der Waals surface area contributed by atoms with E-state index >= 15 is 0 Å². The summed E-state index contributed by atoms with van der Waals surface area (Å²) in [6, 6.07) is 4.83. The Kier molecular flexibility index (Phi) is 4.88. The van der Waals surface area contributed by atoms with Gasteiger partial charge in [-0.15, -0.1) is 0 Å². The Morgan fingerprint density at radius 2 is 2.13 bits per heavy atom.